The van der Waals surface area contributed by atoms with Gasteiger partial charge in [-0.3, -0.25) is 4.79 Å². The third-order valence-electron chi connectivity index (χ3n) is 3.80. The van der Waals surface area contributed by atoms with Crippen LogP contribution >= 0.6 is 34.5 Å². The van der Waals surface area contributed by atoms with Gasteiger partial charge in [0.1, 0.15) is 11.4 Å². The number of nitrogens with one attached hydrogen (secondary N) is 2. The summed E-state index contributed by atoms with van der Waals surface area (Å²) in [6, 6.07) is 13.1. The monoisotopic (exact) mass is 406 g/mol. The van der Waals surface area contributed by atoms with Gasteiger partial charge in [0.2, 0.25) is 5.91 Å². The molecule has 134 valence electrons. The fraction of sp³-hybridized carbons (Fsp3) is 0.158. The smallest absolute Gasteiger partial charge is 0.326 e. The van der Waals surface area contributed by atoms with Gasteiger partial charge in [-0.05, 0) is 49.4 Å². The number of amides is 1. The molecule has 0 aliphatic rings. The van der Waals surface area contributed by atoms with Crippen molar-refractivity contribution in [1.29, 1.82) is 0 Å². The number of nitrogens with zero attached hydrogens (tertiary/aromatic N) is 1. The van der Waals surface area contributed by atoms with Crippen LogP contribution in [-0.4, -0.2) is 5.91 Å². The number of halogens is 2. The first-order valence-corrected chi connectivity index (χ1v) is 9.73. The van der Waals surface area contributed by atoms with E-state index in [0.29, 0.717) is 10.0 Å². The lowest BCUT2D eigenvalue weighted by Gasteiger charge is -2.06. The number of carbonyl (C=O) groups excluding carboxylic acids is 1. The van der Waals surface area contributed by atoms with Crippen LogP contribution in [0.1, 0.15) is 13.8 Å². The van der Waals surface area contributed by atoms with Gasteiger partial charge in [-0.2, -0.15) is 0 Å². The Morgan fingerprint density at radius 2 is 1.81 bits per heavy atom. The molecule has 26 heavy (non-hydrogen) atoms. The molecule has 1 aromatic heterocycles. The highest BCUT2D eigenvalue weighted by Crippen LogP contribution is 2.32. The van der Waals surface area contributed by atoms with Gasteiger partial charge in [0.05, 0.1) is 11.6 Å². The molecular weight excluding hydrogens is 389 g/mol. The Kier molecular flexibility index (Phi) is 5.81. The fourth-order valence-corrected chi connectivity index (χ4v) is 4.14. The summed E-state index contributed by atoms with van der Waals surface area (Å²) in [6.45, 7) is 4.38. The van der Waals surface area contributed by atoms with Gasteiger partial charge in [0, 0.05) is 28.6 Å². The SMILES string of the molecule is CC[n+]1c(-c2ccc(Cl)cc2Cl)csc1Nc1ccc(NC(C)=O)cc1. The summed E-state index contributed by atoms with van der Waals surface area (Å²) in [4.78, 5) is 11.1. The van der Waals surface area contributed by atoms with Crippen LogP contribution in [0.15, 0.2) is 47.8 Å². The molecule has 3 rings (SSSR count). The summed E-state index contributed by atoms with van der Waals surface area (Å²) in [6.07, 6.45) is 0. The standard InChI is InChI=1S/C19H17Cl2N3OS/c1-3-24-18(16-9-4-13(20)10-17(16)21)11-26-19(24)23-15-7-5-14(6-8-15)22-12(2)25/h4-11H,3H2,1-2H3,(H,22,25)/p+1. The lowest BCUT2D eigenvalue weighted by atomic mass is 10.1. The maximum atomic E-state index is 11.1. The maximum absolute atomic E-state index is 11.1. The summed E-state index contributed by atoms with van der Waals surface area (Å²) in [5.74, 6) is -0.0859. The van der Waals surface area contributed by atoms with E-state index in [2.05, 4.69) is 27.5 Å². The van der Waals surface area contributed by atoms with E-state index in [1.807, 2.05) is 36.4 Å². The first-order chi connectivity index (χ1) is 12.5. The van der Waals surface area contributed by atoms with E-state index in [0.717, 1.165) is 34.3 Å². The Balaban J connectivity index is 1.87. The highest BCUT2D eigenvalue weighted by atomic mass is 35.5. The van der Waals surface area contributed by atoms with E-state index in [4.69, 9.17) is 23.2 Å². The molecule has 0 spiro atoms. The van der Waals surface area contributed by atoms with Gasteiger partial charge in [-0.1, -0.05) is 34.5 Å². The molecule has 2 aromatic carbocycles. The summed E-state index contributed by atoms with van der Waals surface area (Å²) in [5.41, 5.74) is 3.70. The van der Waals surface area contributed by atoms with Crippen molar-refractivity contribution in [1.82, 2.24) is 0 Å². The van der Waals surface area contributed by atoms with Crippen LogP contribution in [0.2, 0.25) is 10.0 Å². The predicted molar refractivity (Wildman–Crippen MR) is 110 cm³/mol. The Morgan fingerprint density at radius 3 is 2.42 bits per heavy atom. The molecule has 1 heterocycles. The summed E-state index contributed by atoms with van der Waals surface area (Å²) in [5, 5.41) is 10.5. The van der Waals surface area contributed by atoms with Crippen molar-refractivity contribution in [2.75, 3.05) is 10.6 Å². The summed E-state index contributed by atoms with van der Waals surface area (Å²) >= 11 is 14.0. The molecule has 0 aliphatic heterocycles. The van der Waals surface area contributed by atoms with Crippen molar-refractivity contribution in [2.45, 2.75) is 20.4 Å². The Labute approximate surface area is 166 Å². The Hall–Kier alpha value is -2.08. The topological polar surface area (TPSA) is 45.0 Å². The minimum atomic E-state index is -0.0859. The molecule has 0 bridgehead atoms. The third-order valence-corrected chi connectivity index (χ3v) is 5.23. The van der Waals surface area contributed by atoms with Gasteiger partial charge in [0.25, 0.3) is 0 Å². The first-order valence-electron chi connectivity index (χ1n) is 8.09. The van der Waals surface area contributed by atoms with Gasteiger partial charge in [0.15, 0.2) is 0 Å². The minimum Gasteiger partial charge on any atom is -0.326 e. The molecule has 0 atom stereocenters. The second kappa shape index (κ2) is 8.08. The van der Waals surface area contributed by atoms with Gasteiger partial charge in [-0.25, -0.2) is 9.88 Å². The van der Waals surface area contributed by atoms with Gasteiger partial charge in [-0.15, -0.1) is 0 Å². The lowest BCUT2D eigenvalue weighted by Crippen LogP contribution is -2.35. The molecule has 0 radical (unpaired) electrons. The molecule has 0 saturated carbocycles. The Bertz CT molecular complexity index is 938. The van der Waals surface area contributed by atoms with E-state index in [9.17, 15) is 4.79 Å². The molecule has 0 fully saturated rings. The van der Waals surface area contributed by atoms with Crippen LogP contribution in [0.5, 0.6) is 0 Å². The molecule has 0 saturated heterocycles. The zero-order valence-electron chi connectivity index (χ0n) is 14.3. The molecule has 0 unspecified atom stereocenters. The molecule has 2 N–H and O–H groups in total. The van der Waals surface area contributed by atoms with Crippen molar-refractivity contribution < 1.29 is 9.36 Å². The first kappa shape index (κ1) is 18.7. The van der Waals surface area contributed by atoms with Crippen LogP contribution in [0.3, 0.4) is 0 Å². The van der Waals surface area contributed by atoms with Crippen LogP contribution in [-0.2, 0) is 11.3 Å². The second-order valence-corrected chi connectivity index (χ2v) is 7.38. The van der Waals surface area contributed by atoms with Gasteiger partial charge >= 0.3 is 5.13 Å². The highest BCUT2D eigenvalue weighted by molar-refractivity contribution is 7.13. The van der Waals surface area contributed by atoms with Gasteiger partial charge < -0.3 is 5.32 Å². The molecule has 3 aromatic rings. The number of benzene rings is 2. The number of anilines is 3. The number of carbonyl (C=O) groups is 1. The lowest BCUT2D eigenvalue weighted by molar-refractivity contribution is -0.664. The Morgan fingerprint density at radius 1 is 1.12 bits per heavy atom. The van der Waals surface area contributed by atoms with E-state index in [1.165, 1.54) is 6.92 Å². The van der Waals surface area contributed by atoms with Crippen LogP contribution < -0.4 is 15.2 Å². The average Bonchev–Trinajstić information content (AvgIpc) is 2.98. The normalized spacial score (nSPS) is 10.6. The number of rotatable bonds is 5. The number of thiazole rings is 1. The van der Waals surface area contributed by atoms with Crippen molar-refractivity contribution in [3.63, 3.8) is 0 Å². The zero-order valence-corrected chi connectivity index (χ0v) is 16.7. The van der Waals surface area contributed by atoms with E-state index < -0.39 is 0 Å². The maximum Gasteiger partial charge on any atom is 0.339 e. The molecule has 0 aliphatic carbocycles. The predicted octanol–water partition coefficient (Wildman–Crippen LogP) is 5.73. The van der Waals surface area contributed by atoms with Crippen molar-refractivity contribution in [3.8, 4) is 11.3 Å². The average molecular weight is 407 g/mol. The second-order valence-electron chi connectivity index (χ2n) is 5.68. The summed E-state index contributed by atoms with van der Waals surface area (Å²) in [7, 11) is 0. The van der Waals surface area contributed by atoms with Crippen LogP contribution in [0.4, 0.5) is 16.5 Å². The quantitative estimate of drug-likeness (QED) is 0.531. The van der Waals surface area contributed by atoms with E-state index >= 15 is 0 Å². The minimum absolute atomic E-state index is 0.0859. The fourth-order valence-electron chi connectivity index (χ4n) is 2.63. The van der Waals surface area contributed by atoms with Crippen molar-refractivity contribution in [2.24, 2.45) is 0 Å². The number of hydrogen-bond acceptors (Lipinski definition) is 3. The zero-order chi connectivity index (χ0) is 18.7. The molecule has 7 heteroatoms. The van der Waals surface area contributed by atoms with E-state index in [1.54, 1.807) is 17.4 Å². The summed E-state index contributed by atoms with van der Waals surface area (Å²) < 4.78 is 2.17. The number of aromatic nitrogens is 1. The highest BCUT2D eigenvalue weighted by Gasteiger charge is 2.20. The molecule has 4 nitrogen and oxygen atoms in total. The molecular formula is C19H18Cl2N3OS+. The van der Waals surface area contributed by atoms with Crippen molar-refractivity contribution in [3.05, 3.63) is 57.9 Å². The van der Waals surface area contributed by atoms with Crippen LogP contribution in [0.25, 0.3) is 11.3 Å². The van der Waals surface area contributed by atoms with E-state index in [-0.39, 0.29) is 5.91 Å². The third kappa shape index (κ3) is 4.18. The number of hydrogen-bond donors (Lipinski definition) is 2. The molecule has 1 amide bonds. The van der Waals surface area contributed by atoms with Crippen molar-refractivity contribution >= 4 is 57.0 Å². The van der Waals surface area contributed by atoms with Crippen LogP contribution in [0, 0.1) is 0 Å². The largest absolute Gasteiger partial charge is 0.339 e.